The van der Waals surface area contributed by atoms with Crippen molar-refractivity contribution in [2.24, 2.45) is 0 Å². The smallest absolute Gasteiger partial charge is 0.358 e. The fourth-order valence-electron chi connectivity index (χ4n) is 6.27. The molecule has 6 aromatic carbocycles. The molecule has 6 aromatic rings. The quantitative estimate of drug-likeness (QED) is 0.129. The van der Waals surface area contributed by atoms with E-state index in [1.165, 1.54) is 85.3 Å². The van der Waals surface area contributed by atoms with Crippen LogP contribution in [0.2, 0.25) is 0 Å². The zero-order chi connectivity index (χ0) is 24.3. The summed E-state index contributed by atoms with van der Waals surface area (Å²) in [5.41, 5.74) is 11.0. The molecule has 0 spiro atoms. The molecule has 1 aliphatic carbocycles. The van der Waals surface area contributed by atoms with Crippen molar-refractivity contribution in [1.82, 2.24) is 0 Å². The largest absolute Gasteiger partial charge is 4.00 e. The molecule has 1 saturated carbocycles. The van der Waals surface area contributed by atoms with Crippen LogP contribution in [0, 0.1) is 28.7 Å². The number of hydrogen-bond donors (Lipinski definition) is 0. The van der Waals surface area contributed by atoms with Gasteiger partial charge in [-0.1, -0.05) is 89.3 Å². The van der Waals surface area contributed by atoms with Crippen LogP contribution in [-0.4, -0.2) is 0 Å². The molecule has 1 heteroatoms. The van der Waals surface area contributed by atoms with Gasteiger partial charge in [-0.05, 0) is 43.2 Å². The Hall–Kier alpha value is -3.03. The second-order valence-electron chi connectivity index (χ2n) is 10.8. The molecule has 192 valence electrons. The van der Waals surface area contributed by atoms with Crippen LogP contribution in [0.3, 0.4) is 0 Å². The van der Waals surface area contributed by atoms with E-state index in [1.54, 1.807) is 0 Å². The molecule has 0 N–H and O–H groups in total. The van der Waals surface area contributed by atoms with E-state index in [0.717, 1.165) is 0 Å². The van der Waals surface area contributed by atoms with Gasteiger partial charge in [-0.3, -0.25) is 0 Å². The summed E-state index contributed by atoms with van der Waals surface area (Å²) in [4.78, 5) is 0. The van der Waals surface area contributed by atoms with Gasteiger partial charge in [0.05, 0.1) is 0 Å². The van der Waals surface area contributed by atoms with Gasteiger partial charge >= 0.3 is 25.8 Å². The third kappa shape index (κ3) is 4.80. The van der Waals surface area contributed by atoms with E-state index in [4.69, 9.17) is 0 Å². The minimum absolute atomic E-state index is 0. The molecule has 0 unspecified atom stereocenters. The van der Waals surface area contributed by atoms with E-state index in [0.29, 0.717) is 0 Å². The number of fused-ring (bicyclic) bond motifs is 2. The molecule has 0 bridgehead atoms. The first-order valence-electron chi connectivity index (χ1n) is 13.1. The van der Waals surface area contributed by atoms with Crippen LogP contribution in [0.15, 0.2) is 109 Å². The SMILES string of the molecule is Cc1ccc(-c2cccc3[cH-]c(C4(c5cc6c(-c7ccc(C)cc7)cccc6[cH-]5)CCC4)cc23)cc1.[CH3-].[CH3-].[Hf+4]. The van der Waals surface area contributed by atoms with E-state index >= 15 is 0 Å². The number of rotatable bonds is 4. The maximum atomic E-state index is 2.49. The fourth-order valence-corrected chi connectivity index (χ4v) is 6.27. The Morgan fingerprint density at radius 3 is 1.33 bits per heavy atom. The first-order chi connectivity index (χ1) is 17.6. The summed E-state index contributed by atoms with van der Waals surface area (Å²) in [5, 5.41) is 5.45. The van der Waals surface area contributed by atoms with Crippen molar-refractivity contribution in [2.45, 2.75) is 38.5 Å². The first kappa shape index (κ1) is 29.0. The Balaban J connectivity index is 0.00000118. The van der Waals surface area contributed by atoms with Gasteiger partial charge in [0.25, 0.3) is 0 Å². The third-order valence-corrected chi connectivity index (χ3v) is 8.54. The van der Waals surface area contributed by atoms with Crippen LogP contribution in [0.4, 0.5) is 0 Å². The molecule has 7 rings (SSSR count). The van der Waals surface area contributed by atoms with Gasteiger partial charge < -0.3 is 14.9 Å². The Labute approximate surface area is 253 Å². The van der Waals surface area contributed by atoms with Crippen molar-refractivity contribution < 1.29 is 25.8 Å². The van der Waals surface area contributed by atoms with Gasteiger partial charge in [0.1, 0.15) is 0 Å². The van der Waals surface area contributed by atoms with E-state index in [1.807, 2.05) is 0 Å². The minimum atomic E-state index is 0. The van der Waals surface area contributed by atoms with Gasteiger partial charge in [-0.15, -0.1) is 69.1 Å². The summed E-state index contributed by atoms with van der Waals surface area (Å²) < 4.78 is 0. The molecule has 1 fully saturated rings. The number of aryl methyl sites for hydroxylation is 2. The van der Waals surface area contributed by atoms with E-state index in [9.17, 15) is 0 Å². The molecular weight excluding hydrogens is 635 g/mol. The Morgan fingerprint density at radius 2 is 0.974 bits per heavy atom. The van der Waals surface area contributed by atoms with Crippen molar-refractivity contribution in [2.75, 3.05) is 0 Å². The van der Waals surface area contributed by atoms with Gasteiger partial charge in [-0.25, -0.2) is 0 Å². The van der Waals surface area contributed by atoms with Crippen molar-refractivity contribution in [3.8, 4) is 22.3 Å². The molecule has 0 nitrogen and oxygen atoms in total. The molecule has 0 amide bonds. The van der Waals surface area contributed by atoms with Gasteiger partial charge in [0.2, 0.25) is 0 Å². The summed E-state index contributed by atoms with van der Waals surface area (Å²) in [6.07, 6.45) is 3.73. The first-order valence-corrected chi connectivity index (χ1v) is 13.1. The number of hydrogen-bond acceptors (Lipinski definition) is 0. The second kappa shape index (κ2) is 11.2. The van der Waals surface area contributed by atoms with Crippen LogP contribution in [0.5, 0.6) is 0 Å². The zero-order valence-electron chi connectivity index (χ0n) is 23.5. The van der Waals surface area contributed by atoms with Crippen molar-refractivity contribution >= 4 is 21.5 Å². The predicted molar refractivity (Wildman–Crippen MR) is 167 cm³/mol. The Morgan fingerprint density at radius 1 is 0.564 bits per heavy atom. The van der Waals surface area contributed by atoms with Crippen LogP contribution in [0.25, 0.3) is 43.8 Å². The van der Waals surface area contributed by atoms with Gasteiger partial charge in [0, 0.05) is 0 Å². The summed E-state index contributed by atoms with van der Waals surface area (Å²) in [7, 11) is 0. The van der Waals surface area contributed by atoms with Crippen molar-refractivity contribution in [3.05, 3.63) is 146 Å². The molecule has 0 radical (unpaired) electrons. The van der Waals surface area contributed by atoms with E-state index in [-0.39, 0.29) is 46.1 Å². The fraction of sp³-hybridized carbons (Fsp3) is 0.158. The average Bonchev–Trinajstić information content (AvgIpc) is 3.49. The zero-order valence-corrected chi connectivity index (χ0v) is 27.1. The van der Waals surface area contributed by atoms with Crippen LogP contribution in [-0.2, 0) is 31.3 Å². The van der Waals surface area contributed by atoms with Gasteiger partial charge in [0.15, 0.2) is 0 Å². The van der Waals surface area contributed by atoms with E-state index < -0.39 is 0 Å². The summed E-state index contributed by atoms with van der Waals surface area (Å²) in [6, 6.07) is 41.3. The van der Waals surface area contributed by atoms with Crippen LogP contribution in [0.1, 0.15) is 41.5 Å². The molecular formula is C38H36Hf. The monoisotopic (exact) mass is 672 g/mol. The van der Waals surface area contributed by atoms with Crippen LogP contribution >= 0.6 is 0 Å². The molecule has 0 heterocycles. The molecule has 0 saturated heterocycles. The number of benzene rings is 4. The predicted octanol–water partition coefficient (Wildman–Crippen LogP) is 10.7. The standard InChI is InChI=1S/C36H30.2CH3.Hf/c1-24-10-14-26(15-11-24)32-8-3-6-28-20-30(22-34(28)32)36(18-5-19-36)31-21-29-7-4-9-33(35(29)23-31)27-16-12-25(2)13-17-27;;;/h3-4,6-17,20-23H,5,18-19H2,1-2H3;2*1H3;/q-2;2*-1;+4. The Kier molecular flexibility index (Phi) is 8.33. The van der Waals surface area contributed by atoms with Crippen LogP contribution < -0.4 is 0 Å². The van der Waals surface area contributed by atoms with Gasteiger partial charge in [-0.2, -0.15) is 12.1 Å². The Bertz CT molecular complexity index is 1580. The maximum absolute atomic E-state index is 2.49. The maximum Gasteiger partial charge on any atom is 4.00 e. The molecule has 0 atom stereocenters. The summed E-state index contributed by atoms with van der Waals surface area (Å²) >= 11 is 0. The second-order valence-corrected chi connectivity index (χ2v) is 10.8. The summed E-state index contributed by atoms with van der Waals surface area (Å²) in [5.74, 6) is 0. The van der Waals surface area contributed by atoms with Crippen molar-refractivity contribution in [1.29, 1.82) is 0 Å². The minimum Gasteiger partial charge on any atom is -0.358 e. The molecule has 0 aromatic heterocycles. The van der Waals surface area contributed by atoms with Crippen molar-refractivity contribution in [3.63, 3.8) is 0 Å². The third-order valence-electron chi connectivity index (χ3n) is 8.54. The topological polar surface area (TPSA) is 0 Å². The summed E-state index contributed by atoms with van der Waals surface area (Å²) in [6.45, 7) is 4.30. The molecule has 39 heavy (non-hydrogen) atoms. The molecule has 1 aliphatic rings. The average molecular weight is 671 g/mol. The van der Waals surface area contributed by atoms with E-state index in [2.05, 4.69) is 123 Å². The normalized spacial score (nSPS) is 13.7. The molecule has 0 aliphatic heterocycles.